The average Bonchev–Trinajstić information content (AvgIpc) is 2.41. The first-order valence-corrected chi connectivity index (χ1v) is 6.87. The number of thioether (sulfide) groups is 1. The molecule has 92 valence electrons. The summed E-state index contributed by atoms with van der Waals surface area (Å²) in [6.07, 6.45) is 2.38. The Kier molecular flexibility index (Phi) is 4.82. The fourth-order valence-corrected chi connectivity index (χ4v) is 2.54. The predicted molar refractivity (Wildman–Crippen MR) is 69.0 cm³/mol. The van der Waals surface area contributed by atoms with Gasteiger partial charge in [0.15, 0.2) is 0 Å². The zero-order valence-corrected chi connectivity index (χ0v) is 10.6. The Morgan fingerprint density at radius 1 is 1.41 bits per heavy atom. The molecule has 1 fully saturated rings. The highest BCUT2D eigenvalue weighted by atomic mass is 32.2. The van der Waals surface area contributed by atoms with Gasteiger partial charge < -0.3 is 10.2 Å². The van der Waals surface area contributed by atoms with Gasteiger partial charge in [-0.25, -0.2) is 4.98 Å². The Morgan fingerprint density at radius 3 is 2.94 bits per heavy atom. The van der Waals surface area contributed by atoms with Gasteiger partial charge in [0, 0.05) is 44.5 Å². The maximum absolute atomic E-state index is 11.9. The predicted octanol–water partition coefficient (Wildman–Crippen LogP) is 0.996. The van der Waals surface area contributed by atoms with Gasteiger partial charge in [-0.2, -0.15) is 0 Å². The summed E-state index contributed by atoms with van der Waals surface area (Å²) in [5.74, 6) is 1.06. The quantitative estimate of drug-likeness (QED) is 0.811. The van der Waals surface area contributed by atoms with E-state index in [0.717, 1.165) is 37.0 Å². The van der Waals surface area contributed by atoms with E-state index in [1.165, 1.54) is 0 Å². The van der Waals surface area contributed by atoms with Crippen LogP contribution in [0.25, 0.3) is 0 Å². The summed E-state index contributed by atoms with van der Waals surface area (Å²) in [5, 5.41) is 4.23. The number of piperazine rings is 1. The minimum atomic E-state index is 0.259. The second kappa shape index (κ2) is 6.61. The topological polar surface area (TPSA) is 45.2 Å². The summed E-state index contributed by atoms with van der Waals surface area (Å²) < 4.78 is 0. The first kappa shape index (κ1) is 12.4. The summed E-state index contributed by atoms with van der Waals surface area (Å²) in [7, 11) is 0. The van der Waals surface area contributed by atoms with Crippen molar-refractivity contribution in [1.82, 2.24) is 15.2 Å². The Hall–Kier alpha value is -1.07. The normalized spacial score (nSPS) is 15.9. The number of rotatable bonds is 4. The molecule has 1 aromatic rings. The van der Waals surface area contributed by atoms with Crippen molar-refractivity contribution in [3.63, 3.8) is 0 Å². The van der Waals surface area contributed by atoms with Crippen molar-refractivity contribution in [3.05, 3.63) is 24.4 Å². The molecule has 0 saturated carbocycles. The van der Waals surface area contributed by atoms with E-state index in [1.807, 2.05) is 23.1 Å². The van der Waals surface area contributed by atoms with Gasteiger partial charge in [0.2, 0.25) is 5.91 Å². The molecule has 17 heavy (non-hydrogen) atoms. The zero-order chi connectivity index (χ0) is 11.9. The van der Waals surface area contributed by atoms with E-state index < -0.39 is 0 Å². The fraction of sp³-hybridized carbons (Fsp3) is 0.500. The maximum Gasteiger partial charge on any atom is 0.223 e. The van der Waals surface area contributed by atoms with Crippen LogP contribution in [0, 0.1) is 0 Å². The second-order valence-corrected chi connectivity index (χ2v) is 5.01. The summed E-state index contributed by atoms with van der Waals surface area (Å²) in [5.41, 5.74) is 0. The van der Waals surface area contributed by atoms with Crippen LogP contribution in [0.1, 0.15) is 6.42 Å². The molecule has 0 atom stereocenters. The van der Waals surface area contributed by atoms with Crippen LogP contribution in [0.15, 0.2) is 29.4 Å². The van der Waals surface area contributed by atoms with Crippen molar-refractivity contribution >= 4 is 17.7 Å². The molecule has 1 saturated heterocycles. The second-order valence-electron chi connectivity index (χ2n) is 3.90. The SMILES string of the molecule is O=C(CCSc1ccccn1)N1CCNCC1. The Labute approximate surface area is 106 Å². The minimum absolute atomic E-state index is 0.259. The molecule has 0 aliphatic carbocycles. The van der Waals surface area contributed by atoms with Crippen LogP contribution in [0.5, 0.6) is 0 Å². The molecule has 1 amide bonds. The number of hydrogen-bond donors (Lipinski definition) is 1. The Morgan fingerprint density at radius 2 is 2.24 bits per heavy atom. The summed E-state index contributed by atoms with van der Waals surface area (Å²) >= 11 is 1.64. The molecule has 5 heteroatoms. The van der Waals surface area contributed by atoms with Crippen molar-refractivity contribution in [3.8, 4) is 0 Å². The van der Waals surface area contributed by atoms with Crippen LogP contribution in [-0.2, 0) is 4.79 Å². The van der Waals surface area contributed by atoms with E-state index in [4.69, 9.17) is 0 Å². The zero-order valence-electron chi connectivity index (χ0n) is 9.76. The Bertz CT molecular complexity index is 352. The van der Waals surface area contributed by atoms with Crippen LogP contribution in [0.2, 0.25) is 0 Å². The number of nitrogens with one attached hydrogen (secondary N) is 1. The van der Waals surface area contributed by atoms with Crippen molar-refractivity contribution in [2.45, 2.75) is 11.4 Å². The summed E-state index contributed by atoms with van der Waals surface area (Å²) in [6.45, 7) is 3.51. The molecule has 0 radical (unpaired) electrons. The highest BCUT2D eigenvalue weighted by Crippen LogP contribution is 2.15. The molecule has 1 aliphatic heterocycles. The molecule has 0 aromatic carbocycles. The van der Waals surface area contributed by atoms with Gasteiger partial charge in [-0.1, -0.05) is 6.07 Å². The van der Waals surface area contributed by atoms with Crippen LogP contribution in [0.4, 0.5) is 0 Å². The lowest BCUT2D eigenvalue weighted by Gasteiger charge is -2.27. The van der Waals surface area contributed by atoms with Crippen molar-refractivity contribution in [1.29, 1.82) is 0 Å². The summed E-state index contributed by atoms with van der Waals surface area (Å²) in [6, 6.07) is 5.84. The van der Waals surface area contributed by atoms with Crippen molar-refractivity contribution in [2.75, 3.05) is 31.9 Å². The molecule has 4 nitrogen and oxygen atoms in total. The lowest BCUT2D eigenvalue weighted by Crippen LogP contribution is -2.46. The third-order valence-electron chi connectivity index (χ3n) is 2.67. The first-order chi connectivity index (χ1) is 8.36. The molecular formula is C12H17N3OS. The van der Waals surface area contributed by atoms with Crippen LogP contribution in [0.3, 0.4) is 0 Å². The molecule has 0 bridgehead atoms. The number of aromatic nitrogens is 1. The van der Waals surface area contributed by atoms with Gasteiger partial charge >= 0.3 is 0 Å². The number of nitrogens with zero attached hydrogens (tertiary/aromatic N) is 2. The largest absolute Gasteiger partial charge is 0.340 e. The fourth-order valence-electron chi connectivity index (χ4n) is 1.75. The first-order valence-electron chi connectivity index (χ1n) is 5.88. The third-order valence-corrected chi connectivity index (χ3v) is 3.62. The summed E-state index contributed by atoms with van der Waals surface area (Å²) in [4.78, 5) is 18.0. The van der Waals surface area contributed by atoms with Crippen molar-refractivity contribution < 1.29 is 4.79 Å². The number of hydrogen-bond acceptors (Lipinski definition) is 4. The highest BCUT2D eigenvalue weighted by molar-refractivity contribution is 7.99. The Balaban J connectivity index is 1.69. The van der Waals surface area contributed by atoms with Gasteiger partial charge in [0.25, 0.3) is 0 Å². The number of carbonyl (C=O) groups is 1. The van der Waals surface area contributed by atoms with E-state index in [2.05, 4.69) is 10.3 Å². The van der Waals surface area contributed by atoms with Crippen LogP contribution in [-0.4, -0.2) is 47.7 Å². The number of amides is 1. The number of pyridine rings is 1. The molecule has 1 aliphatic rings. The molecule has 2 rings (SSSR count). The molecule has 1 N–H and O–H groups in total. The van der Waals surface area contributed by atoms with Crippen molar-refractivity contribution in [2.24, 2.45) is 0 Å². The van der Waals surface area contributed by atoms with Crippen LogP contribution < -0.4 is 5.32 Å². The standard InChI is InChI=1S/C12H17N3OS/c16-12(15-8-6-13-7-9-15)4-10-17-11-3-1-2-5-14-11/h1-3,5,13H,4,6-10H2. The molecule has 0 unspecified atom stereocenters. The minimum Gasteiger partial charge on any atom is -0.340 e. The highest BCUT2D eigenvalue weighted by Gasteiger charge is 2.15. The molecular weight excluding hydrogens is 234 g/mol. The van der Waals surface area contributed by atoms with Gasteiger partial charge in [0.1, 0.15) is 0 Å². The van der Waals surface area contributed by atoms with Crippen LogP contribution >= 0.6 is 11.8 Å². The van der Waals surface area contributed by atoms with E-state index in [1.54, 1.807) is 18.0 Å². The third kappa shape index (κ3) is 4.02. The molecule has 1 aromatic heterocycles. The van der Waals surface area contributed by atoms with Gasteiger partial charge in [-0.15, -0.1) is 11.8 Å². The molecule has 2 heterocycles. The van der Waals surface area contributed by atoms with E-state index in [0.29, 0.717) is 6.42 Å². The van der Waals surface area contributed by atoms with Gasteiger partial charge in [0.05, 0.1) is 5.03 Å². The smallest absolute Gasteiger partial charge is 0.223 e. The average molecular weight is 251 g/mol. The van der Waals surface area contributed by atoms with E-state index in [-0.39, 0.29) is 5.91 Å². The number of carbonyl (C=O) groups excluding carboxylic acids is 1. The van der Waals surface area contributed by atoms with Gasteiger partial charge in [-0.3, -0.25) is 4.79 Å². The lowest BCUT2D eigenvalue weighted by molar-refractivity contribution is -0.131. The maximum atomic E-state index is 11.9. The monoisotopic (exact) mass is 251 g/mol. The van der Waals surface area contributed by atoms with E-state index in [9.17, 15) is 4.79 Å². The molecule has 0 spiro atoms. The lowest BCUT2D eigenvalue weighted by atomic mass is 10.3. The van der Waals surface area contributed by atoms with E-state index >= 15 is 0 Å². The van der Waals surface area contributed by atoms with Gasteiger partial charge in [-0.05, 0) is 12.1 Å².